The Morgan fingerprint density at radius 3 is 1.26 bits per heavy atom. The van der Waals surface area contributed by atoms with Gasteiger partial charge in [-0.15, -0.1) is 0 Å². The van der Waals surface area contributed by atoms with E-state index in [1.807, 2.05) is 0 Å². The molecule has 6 aliphatic rings. The third-order valence-corrected chi connectivity index (χ3v) is 15.3. The first-order chi connectivity index (χ1) is 24.1. The van der Waals surface area contributed by atoms with Crippen molar-refractivity contribution in [3.05, 3.63) is 21.9 Å². The second-order valence-corrected chi connectivity index (χ2v) is 18.2. The van der Waals surface area contributed by atoms with Gasteiger partial charge in [0.15, 0.2) is 0 Å². The molecule has 4 aliphatic carbocycles. The summed E-state index contributed by atoms with van der Waals surface area (Å²) in [5.41, 5.74) is -0.198. The van der Waals surface area contributed by atoms with Gasteiger partial charge >= 0.3 is 18.0 Å². The first kappa shape index (κ1) is 35.6. The van der Waals surface area contributed by atoms with Crippen molar-refractivity contribution in [1.29, 1.82) is 0 Å². The fraction of sp³-hybridized carbons (Fsp3) is 0.667. The molecule has 1 aromatic rings. The SMILES string of the molecule is CC1CCC(C2CCC(C(=O)Oc3ccc(OC(=O)C4CCC(C5CCC(C)CC5)CC4)c4c3SC(=C3C(=O)NC(=O)NC3=O)S4)CC2)CC1. The molecule has 1 aromatic carbocycles. The molecular formula is C39H50N2O7S2. The topological polar surface area (TPSA) is 128 Å². The second-order valence-electron chi connectivity index (χ2n) is 15.9. The summed E-state index contributed by atoms with van der Waals surface area (Å²) in [4.78, 5) is 65.4. The molecule has 0 radical (unpaired) electrons. The lowest BCUT2D eigenvalue weighted by atomic mass is 9.69. The average Bonchev–Trinajstić information content (AvgIpc) is 3.55. The number of urea groups is 1. The molecule has 0 unspecified atom stereocenters. The standard InChI is InChI=1S/C39H50N2O7S2/c1-21-3-7-23(8-4-21)25-11-15-27(16-12-25)36(44)47-29-19-20-30(33-32(29)49-38(50-33)31-34(42)40-39(46)41-35(31)43)48-37(45)28-17-13-26(14-18-28)24-9-5-22(2)6-10-24/h19-28H,3-18H2,1-2H3,(H2,40,41,42,43,46). The summed E-state index contributed by atoms with van der Waals surface area (Å²) in [5.74, 6) is 2.63. The van der Waals surface area contributed by atoms with Crippen molar-refractivity contribution in [3.63, 3.8) is 0 Å². The maximum Gasteiger partial charge on any atom is 0.328 e. The number of esters is 2. The van der Waals surface area contributed by atoms with E-state index in [9.17, 15) is 24.0 Å². The van der Waals surface area contributed by atoms with Gasteiger partial charge in [-0.25, -0.2) is 4.79 Å². The molecule has 11 heteroatoms. The van der Waals surface area contributed by atoms with Gasteiger partial charge in [0.2, 0.25) is 0 Å². The van der Waals surface area contributed by atoms with E-state index >= 15 is 0 Å². The molecule has 2 heterocycles. The number of thioether (sulfide) groups is 2. The summed E-state index contributed by atoms with van der Waals surface area (Å²) < 4.78 is 12.4. The summed E-state index contributed by atoms with van der Waals surface area (Å²) in [7, 11) is 0. The van der Waals surface area contributed by atoms with E-state index in [2.05, 4.69) is 24.5 Å². The largest absolute Gasteiger partial charge is 0.425 e. The van der Waals surface area contributed by atoms with Crippen molar-refractivity contribution in [3.8, 4) is 11.5 Å². The Bertz CT molecular complexity index is 1430. The average molecular weight is 723 g/mol. The van der Waals surface area contributed by atoms with E-state index in [1.165, 1.54) is 51.4 Å². The van der Waals surface area contributed by atoms with Crippen LogP contribution in [0.1, 0.15) is 117 Å². The van der Waals surface area contributed by atoms with Gasteiger partial charge in [0, 0.05) is 0 Å². The van der Waals surface area contributed by atoms with Crippen LogP contribution in [0.2, 0.25) is 0 Å². The molecule has 5 fully saturated rings. The van der Waals surface area contributed by atoms with Crippen LogP contribution >= 0.6 is 23.5 Å². The van der Waals surface area contributed by atoms with E-state index in [0.717, 1.165) is 98.6 Å². The van der Waals surface area contributed by atoms with Crippen LogP contribution in [0.3, 0.4) is 0 Å². The maximum atomic E-state index is 13.5. The minimum atomic E-state index is -0.875. The van der Waals surface area contributed by atoms with Crippen molar-refractivity contribution < 1.29 is 33.4 Å². The monoisotopic (exact) mass is 722 g/mol. The highest BCUT2D eigenvalue weighted by molar-refractivity contribution is 8.25. The number of nitrogens with one attached hydrogen (secondary N) is 2. The van der Waals surface area contributed by atoms with Crippen LogP contribution in [0.5, 0.6) is 11.5 Å². The van der Waals surface area contributed by atoms with E-state index in [4.69, 9.17) is 9.47 Å². The number of benzene rings is 1. The first-order valence-corrected chi connectivity index (χ1v) is 20.6. The van der Waals surface area contributed by atoms with Crippen LogP contribution in [-0.4, -0.2) is 29.8 Å². The summed E-state index contributed by atoms with van der Waals surface area (Å²) in [6.45, 7) is 4.69. The normalized spacial score (nSPS) is 33.3. The number of hydrogen-bond donors (Lipinski definition) is 2. The lowest BCUT2D eigenvalue weighted by molar-refractivity contribution is -0.141. The molecule has 2 N–H and O–H groups in total. The Hall–Kier alpha value is -2.79. The van der Waals surface area contributed by atoms with Crippen LogP contribution < -0.4 is 20.1 Å². The number of imide groups is 2. The van der Waals surface area contributed by atoms with Crippen molar-refractivity contribution in [2.24, 2.45) is 47.3 Å². The Morgan fingerprint density at radius 2 is 0.900 bits per heavy atom. The molecule has 0 aromatic heterocycles. The molecule has 270 valence electrons. The van der Waals surface area contributed by atoms with Crippen LogP contribution in [-0.2, 0) is 19.2 Å². The van der Waals surface area contributed by atoms with Crippen molar-refractivity contribution in [2.75, 3.05) is 0 Å². The molecule has 0 bridgehead atoms. The number of barbiturate groups is 1. The summed E-state index contributed by atoms with van der Waals surface area (Å²) in [5, 5.41) is 4.27. The van der Waals surface area contributed by atoms with Gasteiger partial charge in [-0.1, -0.05) is 63.1 Å². The van der Waals surface area contributed by atoms with Crippen LogP contribution in [0, 0.1) is 47.3 Å². The number of rotatable bonds is 6. The number of hydrogen-bond acceptors (Lipinski definition) is 9. The third kappa shape index (κ3) is 7.83. The Morgan fingerprint density at radius 1 is 0.560 bits per heavy atom. The molecule has 9 nitrogen and oxygen atoms in total. The molecule has 1 saturated heterocycles. The van der Waals surface area contributed by atoms with Gasteiger partial charge in [0.25, 0.3) is 11.8 Å². The summed E-state index contributed by atoms with van der Waals surface area (Å²) in [6, 6.07) is 2.43. The van der Waals surface area contributed by atoms with Gasteiger partial charge < -0.3 is 9.47 Å². The predicted molar refractivity (Wildman–Crippen MR) is 191 cm³/mol. The predicted octanol–water partition coefficient (Wildman–Crippen LogP) is 8.54. The number of ether oxygens (including phenoxy) is 2. The van der Waals surface area contributed by atoms with Gasteiger partial charge in [0.05, 0.1) is 25.9 Å². The van der Waals surface area contributed by atoms with Crippen molar-refractivity contribution in [1.82, 2.24) is 10.6 Å². The number of carbonyl (C=O) groups excluding carboxylic acids is 5. The van der Waals surface area contributed by atoms with E-state index in [1.54, 1.807) is 12.1 Å². The van der Waals surface area contributed by atoms with Crippen LogP contribution in [0.25, 0.3) is 0 Å². The van der Waals surface area contributed by atoms with Crippen LogP contribution in [0.15, 0.2) is 31.7 Å². The highest BCUT2D eigenvalue weighted by Crippen LogP contribution is 2.59. The number of amides is 4. The number of fused-ring (bicyclic) bond motifs is 1. The summed E-state index contributed by atoms with van der Waals surface area (Å²) in [6.07, 6.45) is 17.8. The molecule has 4 saturated carbocycles. The van der Waals surface area contributed by atoms with Crippen molar-refractivity contribution >= 4 is 53.3 Å². The molecule has 2 aliphatic heterocycles. The van der Waals surface area contributed by atoms with Gasteiger partial charge in [-0.2, -0.15) is 0 Å². The maximum absolute atomic E-state index is 13.5. The van der Waals surface area contributed by atoms with Crippen molar-refractivity contribution in [2.45, 2.75) is 126 Å². The Kier molecular flexibility index (Phi) is 11.0. The highest BCUT2D eigenvalue weighted by Gasteiger charge is 2.39. The second kappa shape index (κ2) is 15.4. The van der Waals surface area contributed by atoms with Crippen LogP contribution in [0.4, 0.5) is 4.79 Å². The zero-order valence-electron chi connectivity index (χ0n) is 29.3. The molecule has 50 heavy (non-hydrogen) atoms. The lowest BCUT2D eigenvalue weighted by Crippen LogP contribution is -2.51. The minimum absolute atomic E-state index is 0.188. The third-order valence-electron chi connectivity index (χ3n) is 12.6. The number of carbonyl (C=O) groups is 5. The quantitative estimate of drug-likeness (QED) is 0.129. The van der Waals surface area contributed by atoms with Gasteiger partial charge in [-0.05, 0) is 125 Å². The van der Waals surface area contributed by atoms with Gasteiger partial charge in [-0.3, -0.25) is 29.8 Å². The summed E-state index contributed by atoms with van der Waals surface area (Å²) >= 11 is 2.24. The van der Waals surface area contributed by atoms with E-state index in [0.29, 0.717) is 37.4 Å². The zero-order valence-corrected chi connectivity index (χ0v) is 30.9. The fourth-order valence-corrected chi connectivity index (χ4v) is 12.1. The smallest absolute Gasteiger partial charge is 0.328 e. The zero-order chi connectivity index (χ0) is 34.9. The van der Waals surface area contributed by atoms with E-state index < -0.39 is 17.8 Å². The molecular weight excluding hydrogens is 673 g/mol. The van der Waals surface area contributed by atoms with Gasteiger partial charge in [0.1, 0.15) is 17.1 Å². The fourth-order valence-electron chi connectivity index (χ4n) is 9.39. The Labute approximate surface area is 303 Å². The molecule has 0 atom stereocenters. The molecule has 0 spiro atoms. The minimum Gasteiger partial charge on any atom is -0.425 e. The molecule has 4 amide bonds. The Balaban J connectivity index is 1.04. The molecule has 7 rings (SSSR count). The highest BCUT2D eigenvalue weighted by atomic mass is 32.2. The van der Waals surface area contributed by atoms with E-state index in [-0.39, 0.29) is 29.3 Å². The lowest BCUT2D eigenvalue weighted by Gasteiger charge is -2.36. The first-order valence-electron chi connectivity index (χ1n) is 19.0.